The summed E-state index contributed by atoms with van der Waals surface area (Å²) in [5, 5.41) is 1.05. The number of nitrogens with zero attached hydrogens (tertiary/aromatic N) is 3. The molecule has 1 amide bonds. The number of thiazole rings is 1. The van der Waals surface area contributed by atoms with Crippen molar-refractivity contribution in [1.82, 2.24) is 9.88 Å². The van der Waals surface area contributed by atoms with Crippen molar-refractivity contribution >= 4 is 32.6 Å². The maximum absolute atomic E-state index is 12.5. The van der Waals surface area contributed by atoms with E-state index in [-0.39, 0.29) is 0 Å². The second kappa shape index (κ2) is 6.59. The van der Waals surface area contributed by atoms with Gasteiger partial charge in [-0.15, -0.1) is 0 Å². The highest BCUT2D eigenvalue weighted by Gasteiger charge is 2.30. The number of carbonyl (C=O) groups is 1. The van der Waals surface area contributed by atoms with Crippen molar-refractivity contribution in [2.75, 3.05) is 38.2 Å². The number of methoxy groups -OCH3 is 1. The smallest absolute Gasteiger partial charge is 0.225 e. The Hall–Kier alpha value is -1.82. The highest BCUT2D eigenvalue weighted by molar-refractivity contribution is 7.22. The van der Waals surface area contributed by atoms with Gasteiger partial charge in [0.2, 0.25) is 5.91 Å². The van der Waals surface area contributed by atoms with Crippen molar-refractivity contribution in [3.63, 3.8) is 0 Å². The Morgan fingerprint density at radius 3 is 2.83 bits per heavy atom. The summed E-state index contributed by atoms with van der Waals surface area (Å²) in [7, 11) is 1.68. The average Bonchev–Trinajstić information content (AvgIpc) is 2.80. The molecule has 1 aromatic carbocycles. The third-order valence-electron chi connectivity index (χ3n) is 5.12. The number of hydrogen-bond donors (Lipinski definition) is 0. The molecule has 0 spiro atoms. The van der Waals surface area contributed by atoms with Gasteiger partial charge in [-0.2, -0.15) is 0 Å². The van der Waals surface area contributed by atoms with Gasteiger partial charge in [0.1, 0.15) is 5.75 Å². The second-order valence-electron chi connectivity index (χ2n) is 6.62. The first-order valence-electron chi connectivity index (χ1n) is 8.73. The van der Waals surface area contributed by atoms with Crippen LogP contribution in [0.1, 0.15) is 25.7 Å². The fourth-order valence-corrected chi connectivity index (χ4v) is 4.40. The van der Waals surface area contributed by atoms with Crippen LogP contribution in [0.15, 0.2) is 18.2 Å². The van der Waals surface area contributed by atoms with Gasteiger partial charge in [-0.05, 0) is 31.4 Å². The molecule has 1 aromatic heterocycles. The van der Waals surface area contributed by atoms with Crippen LogP contribution in [0, 0.1) is 5.92 Å². The minimum atomic E-state index is 0.298. The van der Waals surface area contributed by atoms with E-state index >= 15 is 0 Å². The van der Waals surface area contributed by atoms with Crippen molar-refractivity contribution in [3.8, 4) is 5.75 Å². The van der Waals surface area contributed by atoms with E-state index in [9.17, 15) is 4.79 Å². The highest BCUT2D eigenvalue weighted by atomic mass is 32.1. The number of aromatic nitrogens is 1. The number of carbonyl (C=O) groups excluding carboxylic acids is 1. The Morgan fingerprint density at radius 2 is 2.08 bits per heavy atom. The van der Waals surface area contributed by atoms with Gasteiger partial charge in [-0.25, -0.2) is 4.98 Å². The zero-order valence-corrected chi connectivity index (χ0v) is 14.8. The first kappa shape index (κ1) is 15.7. The van der Waals surface area contributed by atoms with Gasteiger partial charge < -0.3 is 14.5 Å². The first-order valence-corrected chi connectivity index (χ1v) is 9.54. The van der Waals surface area contributed by atoms with Crippen LogP contribution in [0.4, 0.5) is 5.13 Å². The van der Waals surface area contributed by atoms with Gasteiger partial charge >= 0.3 is 0 Å². The summed E-state index contributed by atoms with van der Waals surface area (Å²) in [6.45, 7) is 3.53. The number of hydrogen-bond acceptors (Lipinski definition) is 5. The lowest BCUT2D eigenvalue weighted by Crippen LogP contribution is -2.41. The summed E-state index contributed by atoms with van der Waals surface area (Å²) in [6.07, 6.45) is 4.39. The topological polar surface area (TPSA) is 45.7 Å². The van der Waals surface area contributed by atoms with E-state index in [1.807, 2.05) is 12.1 Å². The second-order valence-corrected chi connectivity index (χ2v) is 7.63. The van der Waals surface area contributed by atoms with Crippen molar-refractivity contribution in [1.29, 1.82) is 0 Å². The number of ether oxygens (including phenoxy) is 1. The maximum atomic E-state index is 12.5. The Bertz CT molecular complexity index is 741. The average molecular weight is 345 g/mol. The minimum absolute atomic E-state index is 0.298. The maximum Gasteiger partial charge on any atom is 0.225 e. The van der Waals surface area contributed by atoms with Crippen LogP contribution < -0.4 is 9.64 Å². The van der Waals surface area contributed by atoms with Crippen molar-refractivity contribution in [3.05, 3.63) is 18.2 Å². The van der Waals surface area contributed by atoms with Crippen molar-refractivity contribution in [2.45, 2.75) is 25.7 Å². The zero-order valence-electron chi connectivity index (χ0n) is 14.0. The van der Waals surface area contributed by atoms with E-state index in [1.165, 1.54) is 11.1 Å². The van der Waals surface area contributed by atoms with Crippen LogP contribution in [0.3, 0.4) is 0 Å². The van der Waals surface area contributed by atoms with E-state index in [4.69, 9.17) is 9.72 Å². The van der Waals surface area contributed by atoms with E-state index in [1.54, 1.807) is 18.4 Å². The molecule has 128 valence electrons. The van der Waals surface area contributed by atoms with Gasteiger partial charge in [0, 0.05) is 38.2 Å². The summed E-state index contributed by atoms with van der Waals surface area (Å²) in [4.78, 5) is 21.6. The van der Waals surface area contributed by atoms with Gasteiger partial charge in [-0.3, -0.25) is 4.79 Å². The monoisotopic (exact) mass is 345 g/mol. The molecule has 2 aromatic rings. The number of rotatable bonds is 3. The lowest BCUT2D eigenvalue weighted by Gasteiger charge is -2.30. The van der Waals surface area contributed by atoms with Crippen molar-refractivity contribution < 1.29 is 9.53 Å². The predicted molar refractivity (Wildman–Crippen MR) is 96.9 cm³/mol. The van der Waals surface area contributed by atoms with E-state index in [2.05, 4.69) is 15.9 Å². The summed E-state index contributed by atoms with van der Waals surface area (Å²) in [6, 6.07) is 6.03. The van der Waals surface area contributed by atoms with Crippen LogP contribution in [0.25, 0.3) is 10.2 Å². The third kappa shape index (κ3) is 2.95. The van der Waals surface area contributed by atoms with Crippen LogP contribution in [0.5, 0.6) is 5.75 Å². The molecule has 2 fully saturated rings. The Kier molecular flexibility index (Phi) is 4.31. The van der Waals surface area contributed by atoms with Gasteiger partial charge in [-0.1, -0.05) is 17.8 Å². The largest absolute Gasteiger partial charge is 0.497 e. The van der Waals surface area contributed by atoms with Crippen LogP contribution in [0.2, 0.25) is 0 Å². The molecule has 2 heterocycles. The Balaban J connectivity index is 1.47. The Morgan fingerprint density at radius 1 is 1.21 bits per heavy atom. The summed E-state index contributed by atoms with van der Waals surface area (Å²) >= 11 is 1.72. The van der Waals surface area contributed by atoms with Crippen molar-refractivity contribution in [2.24, 2.45) is 5.92 Å². The molecule has 6 heteroatoms. The molecule has 5 nitrogen and oxygen atoms in total. The fraction of sp³-hybridized carbons (Fsp3) is 0.556. The quantitative estimate of drug-likeness (QED) is 0.857. The molecule has 1 saturated carbocycles. The lowest BCUT2D eigenvalue weighted by molar-refractivity contribution is -0.137. The molecule has 1 aliphatic heterocycles. The zero-order chi connectivity index (χ0) is 16.5. The minimum Gasteiger partial charge on any atom is -0.497 e. The molecule has 1 aliphatic carbocycles. The van der Waals surface area contributed by atoms with Crippen LogP contribution in [-0.2, 0) is 4.79 Å². The molecule has 2 aliphatic rings. The van der Waals surface area contributed by atoms with E-state index in [0.29, 0.717) is 11.8 Å². The van der Waals surface area contributed by atoms with E-state index < -0.39 is 0 Å². The predicted octanol–water partition coefficient (Wildman–Crippen LogP) is 3.14. The molecular formula is C18H23N3O2S. The Labute approximate surface area is 146 Å². The summed E-state index contributed by atoms with van der Waals surface area (Å²) < 4.78 is 6.46. The number of benzene rings is 1. The molecule has 0 radical (unpaired) electrons. The molecule has 4 rings (SSSR count). The third-order valence-corrected chi connectivity index (χ3v) is 6.21. The lowest BCUT2D eigenvalue weighted by atomic mass is 9.84. The standard InChI is InChI=1S/C18H23N3O2S/c1-23-14-6-7-16-15(12-14)19-18(24-16)21-9-3-8-20(10-11-21)17(22)13-4-2-5-13/h6-7,12-13H,2-5,8-11H2,1H3. The highest BCUT2D eigenvalue weighted by Crippen LogP contribution is 2.32. The molecular weight excluding hydrogens is 322 g/mol. The SMILES string of the molecule is COc1ccc2sc(N3CCCN(C(=O)C4CCC4)CC3)nc2c1. The molecule has 0 N–H and O–H groups in total. The van der Waals surface area contributed by atoms with Crippen LogP contribution in [-0.4, -0.2) is 49.1 Å². The number of anilines is 1. The molecule has 0 unspecified atom stereocenters. The summed E-state index contributed by atoms with van der Waals surface area (Å²) in [5.41, 5.74) is 0.987. The molecule has 24 heavy (non-hydrogen) atoms. The van der Waals surface area contributed by atoms with Gasteiger partial charge in [0.25, 0.3) is 0 Å². The first-order chi connectivity index (χ1) is 11.7. The molecule has 0 atom stereocenters. The number of fused-ring (bicyclic) bond motifs is 1. The normalized spacial score (nSPS) is 19.2. The number of amides is 1. The molecule has 1 saturated heterocycles. The van der Waals surface area contributed by atoms with Gasteiger partial charge in [0.15, 0.2) is 5.13 Å². The van der Waals surface area contributed by atoms with Gasteiger partial charge in [0.05, 0.1) is 17.3 Å². The van der Waals surface area contributed by atoms with Crippen LogP contribution >= 0.6 is 11.3 Å². The summed E-state index contributed by atoms with van der Waals surface area (Å²) in [5.74, 6) is 1.51. The fourth-order valence-electron chi connectivity index (χ4n) is 3.40. The van der Waals surface area contributed by atoms with E-state index in [0.717, 1.165) is 61.8 Å². The molecule has 0 bridgehead atoms.